The van der Waals surface area contributed by atoms with Crippen molar-refractivity contribution in [2.24, 2.45) is 0 Å². The van der Waals surface area contributed by atoms with Crippen LogP contribution < -0.4 is 15.0 Å². The number of ether oxygens (including phenoxy) is 4. The molecule has 0 saturated carbocycles. The third kappa shape index (κ3) is 6.09. The van der Waals surface area contributed by atoms with Gasteiger partial charge >= 0.3 is 5.97 Å². The van der Waals surface area contributed by atoms with Crippen LogP contribution >= 0.6 is 0 Å². The Labute approximate surface area is 210 Å². The lowest BCUT2D eigenvalue weighted by atomic mass is 10.1. The molecule has 9 nitrogen and oxygen atoms in total. The number of pyridine rings is 1. The Bertz CT molecular complexity index is 1150. The van der Waals surface area contributed by atoms with Crippen LogP contribution in [0.3, 0.4) is 0 Å². The van der Waals surface area contributed by atoms with Crippen LogP contribution in [-0.2, 0) is 22.4 Å². The average Bonchev–Trinajstić information content (AvgIpc) is 3.12. The van der Waals surface area contributed by atoms with Gasteiger partial charge in [0, 0.05) is 51.0 Å². The van der Waals surface area contributed by atoms with Crippen LogP contribution in [-0.4, -0.2) is 73.7 Å². The van der Waals surface area contributed by atoms with Gasteiger partial charge in [-0.05, 0) is 37.0 Å². The first-order chi connectivity index (χ1) is 17.5. The zero-order valence-corrected chi connectivity index (χ0v) is 20.9. The molecule has 2 aliphatic rings. The number of esters is 1. The van der Waals surface area contributed by atoms with Crippen molar-refractivity contribution in [1.29, 1.82) is 0 Å². The van der Waals surface area contributed by atoms with Gasteiger partial charge < -0.3 is 28.6 Å². The first-order valence-electron chi connectivity index (χ1n) is 12.4. The van der Waals surface area contributed by atoms with Crippen molar-refractivity contribution in [1.82, 2.24) is 9.47 Å². The number of aromatic hydroxyl groups is 1. The van der Waals surface area contributed by atoms with E-state index in [1.807, 2.05) is 18.2 Å². The Kier molecular flexibility index (Phi) is 8.66. The highest BCUT2D eigenvalue weighted by Gasteiger charge is 2.26. The molecule has 1 fully saturated rings. The molecule has 0 aliphatic carbocycles. The Morgan fingerprint density at radius 1 is 1.17 bits per heavy atom. The van der Waals surface area contributed by atoms with E-state index in [9.17, 15) is 14.7 Å². The topological polar surface area (TPSA) is 99.5 Å². The van der Waals surface area contributed by atoms with E-state index in [0.717, 1.165) is 24.8 Å². The molecule has 0 spiro atoms. The van der Waals surface area contributed by atoms with Gasteiger partial charge in [-0.25, -0.2) is 4.79 Å². The molecular weight excluding hydrogens is 464 g/mol. The average molecular weight is 499 g/mol. The fourth-order valence-corrected chi connectivity index (χ4v) is 4.67. The zero-order valence-electron chi connectivity index (χ0n) is 20.9. The Balaban J connectivity index is 1.48. The van der Waals surface area contributed by atoms with E-state index in [0.29, 0.717) is 62.8 Å². The Morgan fingerprint density at radius 2 is 2.03 bits per heavy atom. The van der Waals surface area contributed by atoms with Crippen LogP contribution in [0.2, 0.25) is 0 Å². The number of hydrogen-bond donors (Lipinski definition) is 1. The maximum absolute atomic E-state index is 13.0. The highest BCUT2D eigenvalue weighted by Crippen LogP contribution is 2.27. The van der Waals surface area contributed by atoms with Gasteiger partial charge in [0.05, 0.1) is 20.3 Å². The van der Waals surface area contributed by atoms with Gasteiger partial charge in [0.1, 0.15) is 17.9 Å². The second-order valence-corrected chi connectivity index (χ2v) is 9.00. The molecular formula is C27H34N2O7. The SMILES string of the molecule is COC(=O)c1c(OC[C@H]2CCCCO2)cc(=O)n2c1CCN(C/C=C/c1ccc(O)c(OC)c1)CC2. The van der Waals surface area contributed by atoms with E-state index in [-0.39, 0.29) is 23.2 Å². The van der Waals surface area contributed by atoms with Crippen molar-refractivity contribution in [3.63, 3.8) is 0 Å². The van der Waals surface area contributed by atoms with Gasteiger partial charge in [-0.2, -0.15) is 0 Å². The van der Waals surface area contributed by atoms with Crippen molar-refractivity contribution in [2.45, 2.75) is 38.3 Å². The molecule has 1 aromatic carbocycles. The molecule has 3 heterocycles. The number of carbonyl (C=O) groups excluding carboxylic acids is 1. The van der Waals surface area contributed by atoms with Gasteiger partial charge in [0.25, 0.3) is 5.56 Å². The lowest BCUT2D eigenvalue weighted by Crippen LogP contribution is -2.30. The van der Waals surface area contributed by atoms with E-state index in [4.69, 9.17) is 18.9 Å². The minimum Gasteiger partial charge on any atom is -0.504 e. The van der Waals surface area contributed by atoms with Gasteiger partial charge in [-0.3, -0.25) is 9.69 Å². The summed E-state index contributed by atoms with van der Waals surface area (Å²) >= 11 is 0. The first kappa shape index (κ1) is 25.8. The standard InChI is InChI=1S/C27H34N2O7/c1-33-23-16-19(8-9-22(23)30)6-5-11-28-12-10-21-26(27(32)34-2)24(17-25(31)29(21)14-13-28)36-18-20-7-3-4-15-35-20/h5-6,8-9,16-17,20,30H,3-4,7,10-15,18H2,1-2H3/b6-5+/t20-/m1/s1. The number of nitrogens with zero attached hydrogens (tertiary/aromatic N) is 2. The van der Waals surface area contributed by atoms with Crippen molar-refractivity contribution in [2.75, 3.05) is 47.1 Å². The number of carbonyl (C=O) groups is 1. The number of methoxy groups -OCH3 is 2. The molecule has 2 aliphatic heterocycles. The summed E-state index contributed by atoms with van der Waals surface area (Å²) in [6.07, 6.45) is 7.49. The van der Waals surface area contributed by atoms with Crippen LogP contribution in [0.15, 0.2) is 35.1 Å². The van der Waals surface area contributed by atoms with E-state index in [2.05, 4.69) is 4.90 Å². The molecule has 1 saturated heterocycles. The van der Waals surface area contributed by atoms with Crippen molar-refractivity contribution < 1.29 is 28.8 Å². The second-order valence-electron chi connectivity index (χ2n) is 9.00. The molecule has 1 N–H and O–H groups in total. The fraction of sp³-hybridized carbons (Fsp3) is 0.481. The van der Waals surface area contributed by atoms with Crippen molar-refractivity contribution in [3.8, 4) is 17.2 Å². The highest BCUT2D eigenvalue weighted by atomic mass is 16.5. The largest absolute Gasteiger partial charge is 0.504 e. The molecule has 36 heavy (non-hydrogen) atoms. The Morgan fingerprint density at radius 3 is 2.78 bits per heavy atom. The van der Waals surface area contributed by atoms with E-state index >= 15 is 0 Å². The predicted octanol–water partition coefficient (Wildman–Crippen LogP) is 2.87. The minimum atomic E-state index is -0.507. The summed E-state index contributed by atoms with van der Waals surface area (Å²) in [5.74, 6) is 0.279. The number of benzene rings is 1. The monoisotopic (exact) mass is 498 g/mol. The lowest BCUT2D eigenvalue weighted by Gasteiger charge is -2.24. The third-order valence-electron chi connectivity index (χ3n) is 6.65. The summed E-state index contributed by atoms with van der Waals surface area (Å²) in [7, 11) is 2.85. The van der Waals surface area contributed by atoms with Crippen LogP contribution in [0.1, 0.15) is 40.9 Å². The summed E-state index contributed by atoms with van der Waals surface area (Å²) in [5, 5.41) is 9.77. The van der Waals surface area contributed by atoms with Crippen molar-refractivity contribution in [3.05, 3.63) is 57.5 Å². The number of rotatable bonds is 8. The maximum Gasteiger partial charge on any atom is 0.343 e. The third-order valence-corrected chi connectivity index (χ3v) is 6.65. The number of fused-ring (bicyclic) bond motifs is 1. The fourth-order valence-electron chi connectivity index (χ4n) is 4.67. The molecule has 2 aromatic rings. The Hall–Kier alpha value is -3.30. The molecule has 1 aromatic heterocycles. The normalized spacial score (nSPS) is 18.4. The molecule has 0 radical (unpaired) electrons. The summed E-state index contributed by atoms with van der Waals surface area (Å²) in [6, 6.07) is 6.58. The molecule has 9 heteroatoms. The lowest BCUT2D eigenvalue weighted by molar-refractivity contribution is -0.0114. The number of hydrogen-bond acceptors (Lipinski definition) is 8. The summed E-state index contributed by atoms with van der Waals surface area (Å²) in [6.45, 7) is 3.46. The highest BCUT2D eigenvalue weighted by molar-refractivity contribution is 5.93. The van der Waals surface area contributed by atoms with Gasteiger partial charge in [-0.15, -0.1) is 0 Å². The van der Waals surface area contributed by atoms with Gasteiger partial charge in [-0.1, -0.05) is 18.2 Å². The second kappa shape index (κ2) is 12.1. The van der Waals surface area contributed by atoms with Crippen LogP contribution in [0.25, 0.3) is 6.08 Å². The van der Waals surface area contributed by atoms with Gasteiger partial charge in [0.15, 0.2) is 11.5 Å². The number of phenols is 1. The van der Waals surface area contributed by atoms with Crippen LogP contribution in [0.4, 0.5) is 0 Å². The summed E-state index contributed by atoms with van der Waals surface area (Å²) in [4.78, 5) is 28.0. The molecule has 4 rings (SSSR count). The molecule has 1 atom stereocenters. The number of aromatic nitrogens is 1. The molecule has 0 amide bonds. The first-order valence-corrected chi connectivity index (χ1v) is 12.4. The maximum atomic E-state index is 13.0. The van der Waals surface area contributed by atoms with E-state index < -0.39 is 5.97 Å². The van der Waals surface area contributed by atoms with Gasteiger partial charge in [0.2, 0.25) is 0 Å². The number of phenolic OH excluding ortho intramolecular Hbond substituents is 1. The molecule has 0 unspecified atom stereocenters. The summed E-state index contributed by atoms with van der Waals surface area (Å²) in [5.41, 5.74) is 1.69. The minimum absolute atomic E-state index is 0.0401. The van der Waals surface area contributed by atoms with Crippen LogP contribution in [0, 0.1) is 0 Å². The quantitative estimate of drug-likeness (QED) is 0.555. The molecule has 0 bridgehead atoms. The summed E-state index contributed by atoms with van der Waals surface area (Å²) < 4.78 is 23.6. The zero-order chi connectivity index (χ0) is 25.5. The van der Waals surface area contributed by atoms with E-state index in [1.165, 1.54) is 20.3 Å². The molecule has 194 valence electrons. The predicted molar refractivity (Wildman–Crippen MR) is 135 cm³/mol. The smallest absolute Gasteiger partial charge is 0.343 e. The van der Waals surface area contributed by atoms with Crippen LogP contribution in [0.5, 0.6) is 17.2 Å². The van der Waals surface area contributed by atoms with Crippen molar-refractivity contribution >= 4 is 12.0 Å². The van der Waals surface area contributed by atoms with E-state index in [1.54, 1.807) is 16.7 Å².